The van der Waals surface area contributed by atoms with Crippen molar-refractivity contribution in [3.05, 3.63) is 35.9 Å². The Kier molecular flexibility index (Phi) is 36.1. The van der Waals surface area contributed by atoms with Crippen molar-refractivity contribution < 1.29 is 67.7 Å². The number of carbonyl (C=O) groups excluding carboxylic acids is 11. The van der Waals surface area contributed by atoms with Crippen molar-refractivity contribution in [2.24, 2.45) is 34.6 Å². The molecule has 23 N–H and O–H groups in total. The summed E-state index contributed by atoms with van der Waals surface area (Å²) in [6.45, 7) is 8.78. The zero-order chi connectivity index (χ0) is 65.2. The molecule has 0 saturated carbocycles. The van der Waals surface area contributed by atoms with Gasteiger partial charge in [0.2, 0.25) is 59.1 Å². The molecule has 1 aliphatic rings. The van der Waals surface area contributed by atoms with Crippen molar-refractivity contribution in [1.29, 1.82) is 0 Å². The lowest BCUT2D eigenvalue weighted by atomic mass is 10.00. The van der Waals surface area contributed by atoms with Crippen molar-refractivity contribution in [3.63, 3.8) is 0 Å². The van der Waals surface area contributed by atoms with Crippen LogP contribution in [0.4, 0.5) is 0 Å². The molecule has 30 heteroatoms. The van der Waals surface area contributed by atoms with Crippen LogP contribution in [-0.4, -0.2) is 200 Å². The van der Waals surface area contributed by atoms with Crippen LogP contribution in [-0.2, 0) is 63.9 Å². The summed E-state index contributed by atoms with van der Waals surface area (Å²) in [7, 11) is 0. The van der Waals surface area contributed by atoms with E-state index in [2.05, 4.69) is 58.5 Å². The summed E-state index contributed by atoms with van der Waals surface area (Å²) in [4.78, 5) is 152. The quantitative estimate of drug-likeness (QED) is 0.0320. The van der Waals surface area contributed by atoms with Gasteiger partial charge in [-0.1, -0.05) is 63.9 Å². The Balaban J connectivity index is 2.60. The third-order valence-corrected chi connectivity index (χ3v) is 14.1. The SMILES string of the molecule is CCCCC(C)OC(=O)CCC(=O)N[C@@H](CCN)C(=O)N[C@H](C(=O)N[C@@H](CCN)C(=O)N[C@H]1CCNC(=O)[C@H]([C@H](C)O)NC(=O)[C@H](CCN)NC(=O)[C@H](CCN)NC(=O)[C@H](CC(C)C)NC(=O)[C@@H](Cc2ccccc2)NC(=O)[C@H](CCN)NC1)C(C)O. The molecule has 0 aliphatic carbocycles. The van der Waals surface area contributed by atoms with Gasteiger partial charge in [-0.15, -0.1) is 0 Å². The molecule has 0 bridgehead atoms. The maximum Gasteiger partial charge on any atom is 0.306 e. The van der Waals surface area contributed by atoms with Crippen molar-refractivity contribution in [1.82, 2.24) is 58.5 Å². The Morgan fingerprint density at radius 2 is 1.14 bits per heavy atom. The average Bonchev–Trinajstić information content (AvgIpc) is 3.16. The van der Waals surface area contributed by atoms with Crippen LogP contribution in [0.2, 0.25) is 0 Å². The number of aliphatic hydroxyl groups is 2. The first kappa shape index (κ1) is 76.2. The number of benzene rings is 1. The predicted octanol–water partition coefficient (Wildman–Crippen LogP) is -5.48. The third-order valence-electron chi connectivity index (χ3n) is 14.1. The van der Waals surface area contributed by atoms with Gasteiger partial charge in [0.15, 0.2) is 0 Å². The van der Waals surface area contributed by atoms with Gasteiger partial charge in [-0.25, -0.2) is 0 Å². The van der Waals surface area contributed by atoms with Crippen LogP contribution < -0.4 is 87.2 Å². The van der Waals surface area contributed by atoms with Gasteiger partial charge in [-0.2, -0.15) is 0 Å². The predicted molar refractivity (Wildman–Crippen MR) is 322 cm³/mol. The normalized spacial score (nSPS) is 22.6. The summed E-state index contributed by atoms with van der Waals surface area (Å²) >= 11 is 0. The smallest absolute Gasteiger partial charge is 0.306 e. The number of amides is 10. The summed E-state index contributed by atoms with van der Waals surface area (Å²) in [6, 6.07) is -4.80. The number of nitrogens with two attached hydrogens (primary N) is 5. The van der Waals surface area contributed by atoms with E-state index >= 15 is 0 Å². The largest absolute Gasteiger partial charge is 0.463 e. The van der Waals surface area contributed by atoms with E-state index in [9.17, 15) is 63.0 Å². The summed E-state index contributed by atoms with van der Waals surface area (Å²) < 4.78 is 5.35. The minimum absolute atomic E-state index is 0.0197. The molecule has 1 aromatic carbocycles. The minimum Gasteiger partial charge on any atom is -0.463 e. The number of aliphatic hydroxyl groups excluding tert-OH is 2. The van der Waals surface area contributed by atoms with Crippen LogP contribution in [0.15, 0.2) is 30.3 Å². The maximum atomic E-state index is 14.4. The minimum atomic E-state index is -1.71. The maximum absolute atomic E-state index is 14.4. The third kappa shape index (κ3) is 28.6. The fraction of sp³-hybridized carbons (Fsp3) is 0.702. The first-order valence-corrected chi connectivity index (χ1v) is 30.2. The number of ether oxygens (including phenoxy) is 1. The average molecular weight is 1230 g/mol. The molecule has 10 amide bonds. The topological polar surface area (TPSA) is 500 Å². The molecule has 87 heavy (non-hydrogen) atoms. The van der Waals surface area contributed by atoms with Gasteiger partial charge in [-0.3, -0.25) is 52.7 Å². The van der Waals surface area contributed by atoms with Crippen LogP contribution in [0.5, 0.6) is 0 Å². The van der Waals surface area contributed by atoms with Gasteiger partial charge in [-0.05, 0) is 116 Å². The Labute approximate surface area is 509 Å². The number of esters is 1. The summed E-state index contributed by atoms with van der Waals surface area (Å²) in [6.07, 6.45) is -2.27. The van der Waals surface area contributed by atoms with Gasteiger partial charge < -0.3 is 102 Å². The second kappa shape index (κ2) is 41.3. The Bertz CT molecular complexity index is 2350. The van der Waals surface area contributed by atoms with Gasteiger partial charge in [0.25, 0.3) is 0 Å². The molecule has 1 aromatic rings. The van der Waals surface area contributed by atoms with Gasteiger partial charge in [0.05, 0.1) is 30.8 Å². The molecular formula is C57H100N16O14. The van der Waals surface area contributed by atoms with E-state index in [1.54, 1.807) is 37.3 Å². The first-order chi connectivity index (χ1) is 41.3. The molecular weight excluding hydrogens is 1130 g/mol. The molecule has 30 nitrogen and oxygen atoms in total. The van der Waals surface area contributed by atoms with Crippen molar-refractivity contribution in [3.8, 4) is 0 Å². The fourth-order valence-corrected chi connectivity index (χ4v) is 9.27. The highest BCUT2D eigenvalue weighted by atomic mass is 16.5. The van der Waals surface area contributed by atoms with E-state index in [1.165, 1.54) is 13.8 Å². The lowest BCUT2D eigenvalue weighted by Crippen LogP contribution is -2.61. The number of hydrogen-bond donors (Lipinski definition) is 18. The van der Waals surface area contributed by atoms with E-state index in [4.69, 9.17) is 33.4 Å². The van der Waals surface area contributed by atoms with Gasteiger partial charge in [0, 0.05) is 32.0 Å². The Morgan fingerprint density at radius 3 is 1.69 bits per heavy atom. The zero-order valence-corrected chi connectivity index (χ0v) is 51.3. The summed E-state index contributed by atoms with van der Waals surface area (Å²) in [5.74, 6) is -9.13. The molecule has 1 saturated heterocycles. The lowest BCUT2D eigenvalue weighted by Gasteiger charge is -2.29. The molecule has 13 atom stereocenters. The van der Waals surface area contributed by atoms with Crippen LogP contribution in [0.25, 0.3) is 0 Å². The second-order valence-corrected chi connectivity index (χ2v) is 22.3. The highest BCUT2D eigenvalue weighted by Crippen LogP contribution is 2.12. The lowest BCUT2D eigenvalue weighted by molar-refractivity contribution is -0.149. The standard InChI is InChI=1S/C57H100N16O14/c1-7-8-12-33(4)87-46(77)16-15-45(76)66-39(18-24-59)52(81)73-48(35(6)75)57(86)69-40(19-25-60)50(79)65-37-22-28-63-56(85)47(34(5)74)72-53(82)42(21-27-62)67-51(80)41(20-26-61)68-54(83)43(29-32(2)3)70-55(84)44(30-36-13-10-9-11-14-36)71-49(78)38(17-23-58)64-31-37/h9-11,13-14,32-35,37-44,47-48,64,74-75H,7-8,12,15-31,58-62H2,1-6H3,(H,63,85)(H,65,79)(H,66,76)(H,67,80)(H,68,83)(H,69,86)(H,70,84)(H,71,78)(H,72,82)(H,73,81)/t33?,34-,35?,37-,38-,39-,40-,41-,42-,43-,44+,47-,48-/m0/s1. The summed E-state index contributed by atoms with van der Waals surface area (Å²) in [5, 5.41) is 50.8. The molecule has 1 heterocycles. The van der Waals surface area contributed by atoms with Crippen LogP contribution in [0.3, 0.4) is 0 Å². The molecule has 0 spiro atoms. The van der Waals surface area contributed by atoms with Gasteiger partial charge >= 0.3 is 5.97 Å². The number of unbranched alkanes of at least 4 members (excludes halogenated alkanes) is 1. The number of hydrogen-bond acceptors (Lipinski definition) is 20. The zero-order valence-electron chi connectivity index (χ0n) is 51.3. The fourth-order valence-electron chi connectivity index (χ4n) is 9.27. The van der Waals surface area contributed by atoms with E-state index in [0.29, 0.717) is 12.0 Å². The Hall–Kier alpha value is -6.93. The molecule has 492 valence electrons. The van der Waals surface area contributed by atoms with Crippen LogP contribution in [0, 0.1) is 5.92 Å². The molecule has 1 fully saturated rings. The number of carbonyl (C=O) groups is 11. The number of nitrogens with one attached hydrogen (secondary N) is 11. The van der Waals surface area contributed by atoms with Crippen LogP contribution in [0.1, 0.15) is 124 Å². The van der Waals surface area contributed by atoms with Crippen molar-refractivity contribution in [2.75, 3.05) is 45.8 Å². The first-order valence-electron chi connectivity index (χ1n) is 30.2. The second-order valence-electron chi connectivity index (χ2n) is 22.3. The monoisotopic (exact) mass is 1230 g/mol. The molecule has 0 radical (unpaired) electrons. The van der Waals surface area contributed by atoms with Crippen LogP contribution >= 0.6 is 0 Å². The van der Waals surface area contributed by atoms with Crippen molar-refractivity contribution >= 4 is 65.0 Å². The molecule has 2 unspecified atom stereocenters. The summed E-state index contributed by atoms with van der Waals surface area (Å²) in [5.41, 5.74) is 30.1. The van der Waals surface area contributed by atoms with E-state index in [1.807, 2.05) is 20.8 Å². The Morgan fingerprint density at radius 1 is 0.609 bits per heavy atom. The van der Waals surface area contributed by atoms with Gasteiger partial charge in [0.1, 0.15) is 48.3 Å². The molecule has 2 rings (SSSR count). The molecule has 1 aliphatic heterocycles. The highest BCUT2D eigenvalue weighted by molar-refractivity contribution is 5.98. The molecule has 0 aromatic heterocycles. The van der Waals surface area contributed by atoms with E-state index < -0.39 is 138 Å². The number of rotatable bonds is 30. The van der Waals surface area contributed by atoms with E-state index in [-0.39, 0.29) is 122 Å². The highest BCUT2D eigenvalue weighted by Gasteiger charge is 2.37. The van der Waals surface area contributed by atoms with Crippen molar-refractivity contribution in [2.45, 2.75) is 204 Å². The van der Waals surface area contributed by atoms with E-state index in [0.717, 1.165) is 12.8 Å².